The van der Waals surface area contributed by atoms with Crippen LogP contribution in [-0.2, 0) is 0 Å². The first-order valence-electron chi connectivity index (χ1n) is 3.82. The molecule has 2 aliphatic rings. The first-order chi connectivity index (χ1) is 4.77. The topological polar surface area (TPSA) is 20.2 Å². The van der Waals surface area contributed by atoms with Crippen molar-refractivity contribution in [3.05, 3.63) is 11.1 Å². The van der Waals surface area contributed by atoms with Crippen molar-refractivity contribution < 1.29 is 5.11 Å². The SMILES string of the molecule is OC1C(Cl)=CC2CCC1C2. The van der Waals surface area contributed by atoms with Crippen molar-refractivity contribution in [1.82, 2.24) is 0 Å². The molecule has 0 aromatic heterocycles. The van der Waals surface area contributed by atoms with E-state index in [0.29, 0.717) is 16.9 Å². The van der Waals surface area contributed by atoms with Crippen molar-refractivity contribution in [3.63, 3.8) is 0 Å². The average Bonchev–Trinajstić information content (AvgIpc) is 2.29. The van der Waals surface area contributed by atoms with Gasteiger partial charge in [-0.15, -0.1) is 0 Å². The second-order valence-electron chi connectivity index (χ2n) is 3.33. The van der Waals surface area contributed by atoms with E-state index >= 15 is 0 Å². The minimum atomic E-state index is -0.347. The van der Waals surface area contributed by atoms with E-state index in [1.54, 1.807) is 0 Å². The summed E-state index contributed by atoms with van der Waals surface area (Å²) in [6.07, 6.45) is 5.20. The summed E-state index contributed by atoms with van der Waals surface area (Å²) < 4.78 is 0. The molecule has 0 aromatic carbocycles. The number of rotatable bonds is 0. The number of aliphatic hydroxyl groups is 1. The quantitative estimate of drug-likeness (QED) is 0.571. The van der Waals surface area contributed by atoms with Gasteiger partial charge in [0.05, 0.1) is 6.10 Å². The summed E-state index contributed by atoms with van der Waals surface area (Å²) in [6.45, 7) is 0. The van der Waals surface area contributed by atoms with Gasteiger partial charge in [0.2, 0.25) is 0 Å². The lowest BCUT2D eigenvalue weighted by Crippen LogP contribution is -2.21. The number of hydrogen-bond acceptors (Lipinski definition) is 1. The highest BCUT2D eigenvalue weighted by Crippen LogP contribution is 2.41. The zero-order chi connectivity index (χ0) is 7.14. The molecule has 1 nitrogen and oxygen atoms in total. The molecule has 2 bridgehead atoms. The van der Waals surface area contributed by atoms with Gasteiger partial charge in [-0.05, 0) is 31.1 Å². The van der Waals surface area contributed by atoms with E-state index in [-0.39, 0.29) is 6.10 Å². The highest BCUT2D eigenvalue weighted by Gasteiger charge is 2.34. The van der Waals surface area contributed by atoms with Gasteiger partial charge in [0.15, 0.2) is 0 Å². The Bertz CT molecular complexity index is 176. The second-order valence-corrected chi connectivity index (χ2v) is 3.77. The van der Waals surface area contributed by atoms with E-state index in [1.807, 2.05) is 6.08 Å². The van der Waals surface area contributed by atoms with Crippen LogP contribution in [0, 0.1) is 11.8 Å². The van der Waals surface area contributed by atoms with Crippen molar-refractivity contribution >= 4 is 11.6 Å². The molecule has 2 heteroatoms. The Morgan fingerprint density at radius 2 is 2.30 bits per heavy atom. The molecule has 56 valence electrons. The minimum absolute atomic E-state index is 0.347. The molecule has 0 aromatic rings. The smallest absolute Gasteiger partial charge is 0.0920 e. The standard InChI is InChI=1S/C8H11ClO/c9-7-4-5-1-2-6(3-5)8(7)10/h4-6,8,10H,1-3H2. The second kappa shape index (κ2) is 2.24. The Hall–Kier alpha value is -0.0100. The van der Waals surface area contributed by atoms with Crippen LogP contribution in [-0.4, -0.2) is 11.2 Å². The zero-order valence-corrected chi connectivity index (χ0v) is 6.51. The van der Waals surface area contributed by atoms with Crippen LogP contribution in [0.4, 0.5) is 0 Å². The molecule has 2 rings (SSSR count). The van der Waals surface area contributed by atoms with Crippen molar-refractivity contribution in [2.24, 2.45) is 11.8 Å². The van der Waals surface area contributed by atoms with E-state index in [2.05, 4.69) is 0 Å². The maximum Gasteiger partial charge on any atom is 0.0920 e. The molecule has 0 heterocycles. The van der Waals surface area contributed by atoms with Crippen molar-refractivity contribution in [2.75, 3.05) is 0 Å². The molecule has 0 radical (unpaired) electrons. The molecule has 2 aliphatic carbocycles. The number of halogens is 1. The maximum absolute atomic E-state index is 9.46. The first kappa shape index (κ1) is 6.68. The fourth-order valence-electron chi connectivity index (χ4n) is 2.04. The van der Waals surface area contributed by atoms with Crippen LogP contribution in [0.2, 0.25) is 0 Å². The van der Waals surface area contributed by atoms with Gasteiger partial charge >= 0.3 is 0 Å². The van der Waals surface area contributed by atoms with E-state index in [0.717, 1.165) is 12.8 Å². The fourth-order valence-corrected chi connectivity index (χ4v) is 2.40. The Balaban J connectivity index is 2.25. The predicted molar refractivity (Wildman–Crippen MR) is 40.8 cm³/mol. The third kappa shape index (κ3) is 0.886. The van der Waals surface area contributed by atoms with Gasteiger partial charge in [0, 0.05) is 5.03 Å². The number of hydrogen-bond donors (Lipinski definition) is 1. The lowest BCUT2D eigenvalue weighted by molar-refractivity contribution is 0.144. The average molecular weight is 159 g/mol. The number of allylic oxidation sites excluding steroid dienone is 1. The van der Waals surface area contributed by atoms with E-state index < -0.39 is 0 Å². The van der Waals surface area contributed by atoms with Gasteiger partial charge in [-0.1, -0.05) is 17.7 Å². The molecular formula is C8H11ClO. The zero-order valence-electron chi connectivity index (χ0n) is 5.76. The highest BCUT2D eigenvalue weighted by molar-refractivity contribution is 6.30. The van der Waals surface area contributed by atoms with Crippen LogP contribution in [0.15, 0.2) is 11.1 Å². The van der Waals surface area contributed by atoms with Gasteiger partial charge < -0.3 is 5.11 Å². The molecular weight excluding hydrogens is 148 g/mol. The van der Waals surface area contributed by atoms with Crippen molar-refractivity contribution in [1.29, 1.82) is 0 Å². The van der Waals surface area contributed by atoms with Gasteiger partial charge in [0.1, 0.15) is 0 Å². The van der Waals surface area contributed by atoms with E-state index in [1.165, 1.54) is 6.42 Å². The Kier molecular flexibility index (Phi) is 1.50. The molecule has 1 N–H and O–H groups in total. The van der Waals surface area contributed by atoms with Crippen LogP contribution in [0.25, 0.3) is 0 Å². The minimum Gasteiger partial charge on any atom is -0.387 e. The largest absolute Gasteiger partial charge is 0.387 e. The molecule has 0 saturated heterocycles. The van der Waals surface area contributed by atoms with Crippen LogP contribution in [0.5, 0.6) is 0 Å². The summed E-state index contributed by atoms with van der Waals surface area (Å²) in [6, 6.07) is 0. The molecule has 1 saturated carbocycles. The summed E-state index contributed by atoms with van der Waals surface area (Å²) in [5, 5.41) is 10.1. The molecule has 0 amide bonds. The van der Waals surface area contributed by atoms with Crippen LogP contribution in [0.3, 0.4) is 0 Å². The molecule has 1 fully saturated rings. The monoisotopic (exact) mass is 158 g/mol. The van der Waals surface area contributed by atoms with Gasteiger partial charge in [0.25, 0.3) is 0 Å². The van der Waals surface area contributed by atoms with Gasteiger partial charge in [-0.3, -0.25) is 0 Å². The Morgan fingerprint density at radius 1 is 1.50 bits per heavy atom. The first-order valence-corrected chi connectivity index (χ1v) is 4.20. The highest BCUT2D eigenvalue weighted by atomic mass is 35.5. The predicted octanol–water partition coefficient (Wildman–Crippen LogP) is 1.90. The van der Waals surface area contributed by atoms with Crippen LogP contribution in [0.1, 0.15) is 19.3 Å². The van der Waals surface area contributed by atoms with Gasteiger partial charge in [-0.25, -0.2) is 0 Å². The normalized spacial score (nSPS) is 45.4. The summed E-state index contributed by atoms with van der Waals surface area (Å²) in [7, 11) is 0. The summed E-state index contributed by atoms with van der Waals surface area (Å²) in [5.41, 5.74) is 0. The van der Waals surface area contributed by atoms with Crippen LogP contribution >= 0.6 is 11.6 Å². The number of aliphatic hydroxyl groups excluding tert-OH is 1. The maximum atomic E-state index is 9.46. The van der Waals surface area contributed by atoms with Gasteiger partial charge in [-0.2, -0.15) is 0 Å². The Morgan fingerprint density at radius 3 is 3.10 bits per heavy atom. The molecule has 3 unspecified atom stereocenters. The summed E-state index contributed by atoms with van der Waals surface area (Å²) in [5.74, 6) is 1.13. The lowest BCUT2D eigenvalue weighted by Gasteiger charge is -2.21. The van der Waals surface area contributed by atoms with E-state index in [4.69, 9.17) is 11.6 Å². The summed E-state index contributed by atoms with van der Waals surface area (Å²) >= 11 is 5.81. The number of fused-ring (bicyclic) bond motifs is 2. The van der Waals surface area contributed by atoms with E-state index in [9.17, 15) is 5.11 Å². The van der Waals surface area contributed by atoms with Crippen molar-refractivity contribution in [3.8, 4) is 0 Å². The molecule has 10 heavy (non-hydrogen) atoms. The third-order valence-corrected chi connectivity index (χ3v) is 2.99. The lowest BCUT2D eigenvalue weighted by atomic mass is 9.93. The third-order valence-electron chi connectivity index (χ3n) is 2.64. The molecule has 0 spiro atoms. The fraction of sp³-hybridized carbons (Fsp3) is 0.750. The van der Waals surface area contributed by atoms with Crippen LogP contribution < -0.4 is 0 Å². The molecule has 0 aliphatic heterocycles. The van der Waals surface area contributed by atoms with Crippen molar-refractivity contribution in [2.45, 2.75) is 25.4 Å². The Labute approximate surface area is 65.7 Å². The summed E-state index contributed by atoms with van der Waals surface area (Å²) in [4.78, 5) is 0. The molecule has 3 atom stereocenters.